The molecule has 0 aromatic heterocycles. The van der Waals surface area contributed by atoms with Gasteiger partial charge in [-0.1, -0.05) is 57.2 Å². The van der Waals surface area contributed by atoms with Crippen LogP contribution < -0.4 is 5.46 Å². The largest absolute Gasteiger partial charge is 0.495 e. The summed E-state index contributed by atoms with van der Waals surface area (Å²) >= 11 is 0. The van der Waals surface area contributed by atoms with Crippen LogP contribution in [0.15, 0.2) is 36.4 Å². The number of fused-ring (bicyclic) bond motifs is 1. The van der Waals surface area contributed by atoms with Gasteiger partial charge in [-0.15, -0.1) is 0 Å². The van der Waals surface area contributed by atoms with Crippen LogP contribution in [0.4, 0.5) is 0 Å². The van der Waals surface area contributed by atoms with Gasteiger partial charge in [0.1, 0.15) is 0 Å². The van der Waals surface area contributed by atoms with Crippen molar-refractivity contribution >= 4 is 31.7 Å². The maximum absolute atomic E-state index is 8.57. The van der Waals surface area contributed by atoms with E-state index >= 15 is 0 Å². The topological polar surface area (TPSA) is 27.7 Å². The maximum atomic E-state index is 8.57. The van der Waals surface area contributed by atoms with E-state index in [0.29, 0.717) is 12.8 Å². The molecular formula is C25H39BO3Si. The average Bonchev–Trinajstić information content (AvgIpc) is 2.85. The first-order valence-electron chi connectivity index (χ1n) is 12.0. The number of benzene rings is 2. The molecule has 3 nitrogen and oxygen atoms in total. The lowest BCUT2D eigenvalue weighted by Crippen LogP contribution is -2.41. The van der Waals surface area contributed by atoms with Gasteiger partial charge in [0, 0.05) is 6.56 Å². The first kappa shape index (κ1) is 20.7. The van der Waals surface area contributed by atoms with Gasteiger partial charge in [-0.25, -0.2) is 0 Å². The fourth-order valence-electron chi connectivity index (χ4n) is 3.39. The molecule has 0 radical (unpaired) electrons. The summed E-state index contributed by atoms with van der Waals surface area (Å²) in [7, 11) is -2.67. The Morgan fingerprint density at radius 2 is 1.57 bits per heavy atom. The predicted molar refractivity (Wildman–Crippen MR) is 131 cm³/mol. The fraction of sp³-hybridized carbons (Fsp3) is 0.600. The van der Waals surface area contributed by atoms with Crippen molar-refractivity contribution in [1.82, 2.24) is 0 Å². The zero-order valence-electron chi connectivity index (χ0n) is 22.2. The molecule has 2 aromatic carbocycles. The van der Waals surface area contributed by atoms with Crippen molar-refractivity contribution < 1.29 is 16.5 Å². The quantitative estimate of drug-likeness (QED) is 0.521. The van der Waals surface area contributed by atoms with Gasteiger partial charge in [0.05, 0.1) is 13.9 Å². The molecule has 0 spiro atoms. The first-order valence-corrected chi connectivity index (χ1v) is 13.9. The van der Waals surface area contributed by atoms with E-state index < -0.39 is 33.2 Å². The van der Waals surface area contributed by atoms with Crippen molar-refractivity contribution in [2.24, 2.45) is 0 Å². The van der Waals surface area contributed by atoms with E-state index in [1.807, 2.05) is 12.1 Å². The summed E-state index contributed by atoms with van der Waals surface area (Å²) in [6.45, 7) is 17.2. The average molecular weight is 428 g/mol. The van der Waals surface area contributed by atoms with E-state index in [1.54, 1.807) is 0 Å². The minimum Gasteiger partial charge on any atom is -0.417 e. The smallest absolute Gasteiger partial charge is 0.417 e. The highest BCUT2D eigenvalue weighted by molar-refractivity contribution is 6.74. The summed E-state index contributed by atoms with van der Waals surface area (Å²) < 4.78 is 36.0. The van der Waals surface area contributed by atoms with Crippen LogP contribution in [0, 0.1) is 0 Å². The minimum atomic E-state index is -2.21. The predicted octanol–water partition coefficient (Wildman–Crippen LogP) is 6.09. The van der Waals surface area contributed by atoms with Crippen molar-refractivity contribution in [2.45, 2.75) is 90.6 Å². The zero-order valence-corrected chi connectivity index (χ0v) is 21.2. The minimum absolute atomic E-state index is 0.0380. The normalized spacial score (nSPS) is 20.4. The SMILES string of the molecule is [2H]C([2H])(CCc1cccc2cccc(B3OC(C)(C)C(C)(C)O3)c12)O[Si](C)(C)C(C)(C)C. The van der Waals surface area contributed by atoms with E-state index in [1.165, 1.54) is 0 Å². The van der Waals surface area contributed by atoms with Crippen molar-refractivity contribution in [3.8, 4) is 0 Å². The molecule has 0 saturated carbocycles. The van der Waals surface area contributed by atoms with Gasteiger partial charge in [0.2, 0.25) is 0 Å². The van der Waals surface area contributed by atoms with Crippen LogP contribution in [0.1, 0.15) is 63.2 Å². The Labute approximate surface area is 187 Å². The summed E-state index contributed by atoms with van der Waals surface area (Å²) in [6, 6.07) is 12.4. The lowest BCUT2D eigenvalue weighted by Gasteiger charge is -2.36. The lowest BCUT2D eigenvalue weighted by atomic mass is 9.74. The third kappa shape index (κ3) is 4.55. The fourth-order valence-corrected chi connectivity index (χ4v) is 4.16. The van der Waals surface area contributed by atoms with Crippen molar-refractivity contribution in [2.75, 3.05) is 6.56 Å². The van der Waals surface area contributed by atoms with E-state index in [4.69, 9.17) is 16.5 Å². The van der Waals surface area contributed by atoms with E-state index in [-0.39, 0.29) is 5.04 Å². The van der Waals surface area contributed by atoms with Gasteiger partial charge >= 0.3 is 7.12 Å². The van der Waals surface area contributed by atoms with E-state index in [9.17, 15) is 0 Å². The van der Waals surface area contributed by atoms with Crippen LogP contribution in [0.25, 0.3) is 10.8 Å². The van der Waals surface area contributed by atoms with E-state index in [2.05, 4.69) is 85.8 Å². The molecule has 1 saturated heterocycles. The molecule has 30 heavy (non-hydrogen) atoms. The van der Waals surface area contributed by atoms with Gasteiger partial charge in [0.15, 0.2) is 8.32 Å². The molecule has 0 N–H and O–H groups in total. The number of rotatable bonds is 6. The highest BCUT2D eigenvalue weighted by Gasteiger charge is 2.52. The Morgan fingerprint density at radius 3 is 2.13 bits per heavy atom. The van der Waals surface area contributed by atoms with Crippen LogP contribution in [0.3, 0.4) is 0 Å². The molecule has 0 atom stereocenters. The molecule has 1 aliphatic rings. The van der Waals surface area contributed by atoms with Gasteiger partial charge in [-0.3, -0.25) is 0 Å². The molecule has 1 heterocycles. The van der Waals surface area contributed by atoms with Gasteiger partial charge in [-0.05, 0) is 80.5 Å². The molecule has 2 aromatic rings. The molecule has 1 fully saturated rings. The zero-order chi connectivity index (χ0) is 24.2. The maximum Gasteiger partial charge on any atom is 0.495 e. The Balaban J connectivity index is 1.91. The highest BCUT2D eigenvalue weighted by atomic mass is 28.4. The Hall–Kier alpha value is -1.14. The molecule has 5 heteroatoms. The first-order chi connectivity index (χ1) is 14.5. The van der Waals surface area contributed by atoms with Crippen LogP contribution in [0.5, 0.6) is 0 Å². The highest BCUT2D eigenvalue weighted by Crippen LogP contribution is 2.38. The summed E-state index contributed by atoms with van der Waals surface area (Å²) in [5.41, 5.74) is 1.27. The summed E-state index contributed by atoms with van der Waals surface area (Å²) in [6.07, 6.45) is 0.881. The second-order valence-electron chi connectivity index (χ2n) is 11.0. The number of hydrogen-bond donors (Lipinski definition) is 0. The molecule has 0 amide bonds. The molecule has 1 aliphatic heterocycles. The second-order valence-corrected chi connectivity index (χ2v) is 15.7. The monoisotopic (exact) mass is 428 g/mol. The lowest BCUT2D eigenvalue weighted by molar-refractivity contribution is 0.00578. The Morgan fingerprint density at radius 1 is 1.00 bits per heavy atom. The molecule has 3 rings (SSSR count). The third-order valence-electron chi connectivity index (χ3n) is 7.16. The standard InChI is InChI=1S/C25H39BO3Si/c1-23(2,3)30(8,9)27-18-12-16-20-14-10-13-19-15-11-17-21(22(19)20)26-28-24(4,5)25(6,7)29-26/h10-11,13-15,17H,12,16,18H2,1-9H3/i18D2. The second kappa shape index (κ2) is 8.09. The molecule has 0 bridgehead atoms. The van der Waals surface area contributed by atoms with Crippen molar-refractivity contribution in [3.63, 3.8) is 0 Å². The van der Waals surface area contributed by atoms with Crippen LogP contribution >= 0.6 is 0 Å². The summed E-state index contributed by atoms with van der Waals surface area (Å²) in [5.74, 6) is 0. The third-order valence-corrected chi connectivity index (χ3v) is 11.4. The number of hydrogen-bond acceptors (Lipinski definition) is 3. The van der Waals surface area contributed by atoms with Gasteiger partial charge < -0.3 is 13.7 Å². The Kier molecular flexibility index (Phi) is 5.59. The summed E-state index contributed by atoms with van der Waals surface area (Å²) in [5, 5.41) is 2.17. The molecule has 0 unspecified atom stereocenters. The van der Waals surface area contributed by atoms with Crippen molar-refractivity contribution in [3.05, 3.63) is 42.0 Å². The summed E-state index contributed by atoms with van der Waals surface area (Å²) in [4.78, 5) is 0. The van der Waals surface area contributed by atoms with Gasteiger partial charge in [0.25, 0.3) is 0 Å². The molecule has 0 aliphatic carbocycles. The van der Waals surface area contributed by atoms with Crippen molar-refractivity contribution in [1.29, 1.82) is 0 Å². The molecule has 164 valence electrons. The van der Waals surface area contributed by atoms with Crippen LogP contribution in [-0.2, 0) is 20.2 Å². The molecular weight excluding hydrogens is 387 g/mol. The number of aryl methyl sites for hydroxylation is 1. The van der Waals surface area contributed by atoms with Crippen LogP contribution in [-0.4, -0.2) is 33.2 Å². The van der Waals surface area contributed by atoms with Gasteiger partial charge in [-0.2, -0.15) is 0 Å². The van der Waals surface area contributed by atoms with Crippen LogP contribution in [0.2, 0.25) is 18.1 Å². The Bertz CT molecular complexity index is 962. The van der Waals surface area contributed by atoms with E-state index in [0.717, 1.165) is 21.8 Å².